The molecule has 2 aromatic rings. The summed E-state index contributed by atoms with van der Waals surface area (Å²) in [7, 11) is 0. The van der Waals surface area contributed by atoms with Crippen LogP contribution in [-0.2, 0) is 4.79 Å². The van der Waals surface area contributed by atoms with Crippen molar-refractivity contribution in [2.45, 2.75) is 6.92 Å². The quantitative estimate of drug-likeness (QED) is 0.767. The van der Waals surface area contributed by atoms with Crippen LogP contribution in [0.3, 0.4) is 0 Å². The summed E-state index contributed by atoms with van der Waals surface area (Å²) in [6, 6.07) is 16.3. The van der Waals surface area contributed by atoms with Crippen LogP contribution < -0.4 is 16.0 Å². The summed E-state index contributed by atoms with van der Waals surface area (Å²) in [5.41, 5.74) is 2.05. The van der Waals surface area contributed by atoms with Crippen LogP contribution in [0.5, 0.6) is 0 Å². The van der Waals surface area contributed by atoms with Crippen LogP contribution >= 0.6 is 0 Å². The van der Waals surface area contributed by atoms with Crippen molar-refractivity contribution in [1.82, 2.24) is 5.32 Å². The number of anilines is 2. The Kier molecular flexibility index (Phi) is 5.54. The number of carbonyl (C=O) groups excluding carboxylic acids is 2. The largest absolute Gasteiger partial charge is 0.376 e. The van der Waals surface area contributed by atoms with E-state index in [0.29, 0.717) is 12.1 Å². The van der Waals surface area contributed by atoms with Gasteiger partial charge in [0.2, 0.25) is 5.91 Å². The molecule has 0 radical (unpaired) electrons. The van der Waals surface area contributed by atoms with Crippen LogP contribution in [0.25, 0.3) is 0 Å². The zero-order chi connectivity index (χ0) is 15.8. The summed E-state index contributed by atoms with van der Waals surface area (Å²) in [5.74, 6) is -0.269. The van der Waals surface area contributed by atoms with Gasteiger partial charge in [0.15, 0.2) is 0 Å². The van der Waals surface area contributed by atoms with E-state index in [9.17, 15) is 9.59 Å². The zero-order valence-electron chi connectivity index (χ0n) is 12.4. The molecule has 0 atom stereocenters. The van der Waals surface area contributed by atoms with Gasteiger partial charge in [0.05, 0.1) is 6.54 Å². The summed E-state index contributed by atoms with van der Waals surface area (Å²) >= 11 is 0. The van der Waals surface area contributed by atoms with Gasteiger partial charge in [0, 0.05) is 23.5 Å². The Balaban J connectivity index is 1.90. The number of amides is 2. The molecule has 0 unspecified atom stereocenters. The van der Waals surface area contributed by atoms with Crippen molar-refractivity contribution >= 4 is 23.2 Å². The van der Waals surface area contributed by atoms with E-state index in [4.69, 9.17) is 0 Å². The molecule has 0 aliphatic carbocycles. The summed E-state index contributed by atoms with van der Waals surface area (Å²) in [4.78, 5) is 23.6. The summed E-state index contributed by atoms with van der Waals surface area (Å²) < 4.78 is 0. The number of benzene rings is 2. The van der Waals surface area contributed by atoms with E-state index in [-0.39, 0.29) is 18.4 Å². The molecule has 114 valence electrons. The highest BCUT2D eigenvalue weighted by molar-refractivity contribution is 5.96. The molecule has 2 amide bonds. The topological polar surface area (TPSA) is 70.2 Å². The number of rotatable bonds is 6. The number of para-hydroxylation sites is 1. The normalized spacial score (nSPS) is 9.86. The van der Waals surface area contributed by atoms with E-state index in [2.05, 4.69) is 16.0 Å². The third kappa shape index (κ3) is 4.63. The number of hydrogen-bond acceptors (Lipinski definition) is 3. The minimum atomic E-state index is -0.144. The van der Waals surface area contributed by atoms with E-state index >= 15 is 0 Å². The molecule has 0 spiro atoms. The van der Waals surface area contributed by atoms with Gasteiger partial charge in [-0.1, -0.05) is 24.3 Å². The molecule has 0 aliphatic rings. The number of carbonyl (C=O) groups is 2. The lowest BCUT2D eigenvalue weighted by Crippen LogP contribution is -2.23. The van der Waals surface area contributed by atoms with E-state index in [0.717, 1.165) is 11.4 Å². The van der Waals surface area contributed by atoms with Gasteiger partial charge < -0.3 is 16.0 Å². The van der Waals surface area contributed by atoms with E-state index < -0.39 is 0 Å². The predicted octanol–water partition coefficient (Wildman–Crippen LogP) is 2.49. The first-order valence-electron chi connectivity index (χ1n) is 7.16. The van der Waals surface area contributed by atoms with Crippen LogP contribution in [0.15, 0.2) is 54.6 Å². The molecule has 5 heteroatoms. The van der Waals surface area contributed by atoms with Gasteiger partial charge >= 0.3 is 0 Å². The predicted molar refractivity (Wildman–Crippen MR) is 88.0 cm³/mol. The first-order chi connectivity index (χ1) is 10.7. The lowest BCUT2D eigenvalue weighted by atomic mass is 10.2. The monoisotopic (exact) mass is 297 g/mol. The minimum absolute atomic E-state index is 0.125. The van der Waals surface area contributed by atoms with Gasteiger partial charge in [-0.15, -0.1) is 0 Å². The lowest BCUT2D eigenvalue weighted by Gasteiger charge is -2.09. The van der Waals surface area contributed by atoms with Crippen LogP contribution in [-0.4, -0.2) is 24.9 Å². The Morgan fingerprint density at radius 2 is 1.68 bits per heavy atom. The number of hydrogen-bond donors (Lipinski definition) is 3. The second kappa shape index (κ2) is 7.83. The molecule has 2 aromatic carbocycles. The van der Waals surface area contributed by atoms with E-state index in [1.807, 2.05) is 43.3 Å². The Labute approximate surface area is 129 Å². The summed E-state index contributed by atoms with van der Waals surface area (Å²) in [6.07, 6.45) is 0. The molecule has 2 rings (SSSR count). The van der Waals surface area contributed by atoms with Crippen molar-refractivity contribution in [3.05, 3.63) is 60.2 Å². The van der Waals surface area contributed by atoms with Crippen LogP contribution in [0.1, 0.15) is 17.3 Å². The smallest absolute Gasteiger partial charge is 0.251 e. The van der Waals surface area contributed by atoms with Gasteiger partial charge in [0.25, 0.3) is 5.91 Å². The molecule has 0 fully saturated rings. The highest BCUT2D eigenvalue weighted by Crippen LogP contribution is 2.11. The lowest BCUT2D eigenvalue weighted by molar-refractivity contribution is -0.114. The fraction of sp³-hybridized carbons (Fsp3) is 0.176. The summed E-state index contributed by atoms with van der Waals surface area (Å²) in [5, 5.41) is 8.54. The van der Waals surface area contributed by atoms with Gasteiger partial charge in [-0.2, -0.15) is 0 Å². The maximum absolute atomic E-state index is 11.9. The minimum Gasteiger partial charge on any atom is -0.376 e. The standard InChI is InChI=1S/C17H19N3O2/c1-2-18-17(22)13-7-6-10-15(11-13)19-12-16(21)20-14-8-4-3-5-9-14/h3-11,19H,2,12H2,1H3,(H,18,22)(H,20,21). The molecule has 0 heterocycles. The van der Waals surface area contributed by atoms with Crippen LogP contribution in [0.4, 0.5) is 11.4 Å². The second-order valence-corrected chi connectivity index (χ2v) is 4.71. The van der Waals surface area contributed by atoms with Crippen molar-refractivity contribution in [2.24, 2.45) is 0 Å². The molecule has 22 heavy (non-hydrogen) atoms. The SMILES string of the molecule is CCNC(=O)c1cccc(NCC(=O)Nc2ccccc2)c1. The maximum Gasteiger partial charge on any atom is 0.251 e. The highest BCUT2D eigenvalue weighted by Gasteiger charge is 2.06. The fourth-order valence-electron chi connectivity index (χ4n) is 1.94. The van der Waals surface area contributed by atoms with Crippen LogP contribution in [0.2, 0.25) is 0 Å². The van der Waals surface area contributed by atoms with Gasteiger partial charge in [0.1, 0.15) is 0 Å². The Morgan fingerprint density at radius 3 is 2.41 bits per heavy atom. The molecule has 0 saturated carbocycles. The zero-order valence-corrected chi connectivity index (χ0v) is 12.4. The van der Waals surface area contributed by atoms with Crippen molar-refractivity contribution in [2.75, 3.05) is 23.7 Å². The molecule has 0 aliphatic heterocycles. The first kappa shape index (κ1) is 15.6. The molecule has 0 bridgehead atoms. The maximum atomic E-state index is 11.9. The fourth-order valence-corrected chi connectivity index (χ4v) is 1.94. The third-order valence-electron chi connectivity index (χ3n) is 2.97. The van der Waals surface area contributed by atoms with Gasteiger partial charge in [-0.3, -0.25) is 9.59 Å². The van der Waals surface area contributed by atoms with Crippen molar-refractivity contribution in [3.8, 4) is 0 Å². The summed E-state index contributed by atoms with van der Waals surface area (Å²) in [6.45, 7) is 2.58. The van der Waals surface area contributed by atoms with Gasteiger partial charge in [-0.25, -0.2) is 0 Å². The first-order valence-corrected chi connectivity index (χ1v) is 7.16. The highest BCUT2D eigenvalue weighted by atomic mass is 16.2. The second-order valence-electron chi connectivity index (χ2n) is 4.71. The molecular weight excluding hydrogens is 278 g/mol. The molecular formula is C17H19N3O2. The van der Waals surface area contributed by atoms with Crippen LogP contribution in [0, 0.1) is 0 Å². The van der Waals surface area contributed by atoms with E-state index in [1.54, 1.807) is 18.2 Å². The molecule has 3 N–H and O–H groups in total. The molecule has 0 aromatic heterocycles. The van der Waals surface area contributed by atoms with Crippen molar-refractivity contribution in [1.29, 1.82) is 0 Å². The van der Waals surface area contributed by atoms with Crippen molar-refractivity contribution in [3.63, 3.8) is 0 Å². The average molecular weight is 297 g/mol. The third-order valence-corrected chi connectivity index (χ3v) is 2.97. The Hall–Kier alpha value is -2.82. The molecule has 0 saturated heterocycles. The number of nitrogens with one attached hydrogen (secondary N) is 3. The average Bonchev–Trinajstić information content (AvgIpc) is 2.54. The van der Waals surface area contributed by atoms with E-state index in [1.165, 1.54) is 0 Å². The Bertz CT molecular complexity index is 641. The molecule has 5 nitrogen and oxygen atoms in total. The van der Waals surface area contributed by atoms with Crippen molar-refractivity contribution < 1.29 is 9.59 Å². The van der Waals surface area contributed by atoms with Gasteiger partial charge in [-0.05, 0) is 37.3 Å². The Morgan fingerprint density at radius 1 is 0.955 bits per heavy atom.